The number of hydrogen-bond acceptors (Lipinski definition) is 5. The van der Waals surface area contributed by atoms with Crippen LogP contribution in [0.25, 0.3) is 11.3 Å². The molecule has 0 aliphatic carbocycles. The van der Waals surface area contributed by atoms with E-state index in [9.17, 15) is 8.78 Å². The van der Waals surface area contributed by atoms with E-state index < -0.39 is 11.6 Å². The van der Waals surface area contributed by atoms with Crippen LogP contribution >= 0.6 is 12.4 Å². The normalized spacial score (nSPS) is 21.2. The number of aryl methyl sites for hydroxylation is 1. The minimum atomic E-state index is -0.649. The zero-order valence-electron chi connectivity index (χ0n) is 15.1. The molecule has 6 nitrogen and oxygen atoms in total. The SMILES string of the molecule is Cc1occc1CN1C[C@@H]2[C@@H](C1)OCc1c(-c3ccc(F)cc3F)nnn12.Cl. The molecule has 1 saturated heterocycles. The zero-order chi connectivity index (χ0) is 18.5. The molecule has 0 amide bonds. The average molecular weight is 409 g/mol. The maximum absolute atomic E-state index is 14.2. The van der Waals surface area contributed by atoms with Gasteiger partial charge < -0.3 is 9.15 Å². The molecule has 0 spiro atoms. The number of furan rings is 1. The Bertz CT molecular complexity index is 1010. The van der Waals surface area contributed by atoms with Crippen molar-refractivity contribution >= 4 is 12.4 Å². The Labute approximate surface area is 166 Å². The Balaban J connectivity index is 0.00000192. The Morgan fingerprint density at radius 1 is 1.21 bits per heavy atom. The molecule has 3 aromatic rings. The molecule has 0 unspecified atom stereocenters. The molecule has 0 saturated carbocycles. The summed E-state index contributed by atoms with van der Waals surface area (Å²) in [4.78, 5) is 2.29. The molecule has 2 aromatic heterocycles. The maximum Gasteiger partial charge on any atom is 0.135 e. The first-order chi connectivity index (χ1) is 13.1. The number of hydrogen-bond donors (Lipinski definition) is 0. The molecule has 9 heteroatoms. The summed E-state index contributed by atoms with van der Waals surface area (Å²) in [6, 6.07) is 5.48. The number of rotatable bonds is 3. The third kappa shape index (κ3) is 3.11. The Kier molecular flexibility index (Phi) is 4.95. The van der Waals surface area contributed by atoms with Crippen molar-refractivity contribution in [2.24, 2.45) is 0 Å². The summed E-state index contributed by atoms with van der Waals surface area (Å²) < 4.78 is 40.6. The lowest BCUT2D eigenvalue weighted by Gasteiger charge is -2.26. The van der Waals surface area contributed by atoms with Crippen molar-refractivity contribution < 1.29 is 17.9 Å². The summed E-state index contributed by atoms with van der Waals surface area (Å²) in [6.07, 6.45) is 1.71. The van der Waals surface area contributed by atoms with Gasteiger partial charge in [0.25, 0.3) is 0 Å². The fraction of sp³-hybridized carbons (Fsp3) is 0.368. The summed E-state index contributed by atoms with van der Waals surface area (Å²) in [7, 11) is 0. The molecular weight excluding hydrogens is 390 g/mol. The summed E-state index contributed by atoms with van der Waals surface area (Å²) in [5.74, 6) is -0.347. The number of fused-ring (bicyclic) bond motifs is 3. The van der Waals surface area contributed by atoms with Gasteiger partial charge in [0.05, 0.1) is 30.7 Å². The lowest BCUT2D eigenvalue weighted by molar-refractivity contribution is -0.00495. The quantitative estimate of drug-likeness (QED) is 0.664. The van der Waals surface area contributed by atoms with E-state index in [1.807, 2.05) is 17.7 Å². The molecule has 28 heavy (non-hydrogen) atoms. The number of likely N-dealkylation sites (tertiary alicyclic amines) is 1. The minimum absolute atomic E-state index is 0. The van der Waals surface area contributed by atoms with Crippen LogP contribution in [0.3, 0.4) is 0 Å². The van der Waals surface area contributed by atoms with Gasteiger partial charge >= 0.3 is 0 Å². The molecule has 0 radical (unpaired) electrons. The highest BCUT2D eigenvalue weighted by Gasteiger charge is 2.41. The second-order valence-electron chi connectivity index (χ2n) is 7.07. The van der Waals surface area contributed by atoms with Crippen LogP contribution in [0.2, 0.25) is 0 Å². The molecule has 2 aliphatic heterocycles. The van der Waals surface area contributed by atoms with Gasteiger partial charge in [0, 0.05) is 36.8 Å². The van der Waals surface area contributed by atoms with Crippen LogP contribution in [0.1, 0.15) is 23.1 Å². The van der Waals surface area contributed by atoms with Crippen molar-refractivity contribution in [2.75, 3.05) is 13.1 Å². The van der Waals surface area contributed by atoms with E-state index >= 15 is 0 Å². The Morgan fingerprint density at radius 2 is 2.07 bits per heavy atom. The van der Waals surface area contributed by atoms with Gasteiger partial charge in [-0.3, -0.25) is 4.90 Å². The van der Waals surface area contributed by atoms with E-state index in [0.717, 1.165) is 42.7 Å². The van der Waals surface area contributed by atoms with Gasteiger partial charge in [0.1, 0.15) is 23.1 Å². The molecule has 1 fully saturated rings. The monoisotopic (exact) mass is 408 g/mol. The van der Waals surface area contributed by atoms with Crippen LogP contribution in [0.5, 0.6) is 0 Å². The largest absolute Gasteiger partial charge is 0.469 e. The van der Waals surface area contributed by atoms with Gasteiger partial charge in [0.2, 0.25) is 0 Å². The van der Waals surface area contributed by atoms with Gasteiger partial charge in [-0.1, -0.05) is 5.21 Å². The molecule has 2 atom stereocenters. The number of halogens is 3. The average Bonchev–Trinajstić information content (AvgIpc) is 3.33. The van der Waals surface area contributed by atoms with Gasteiger partial charge in [-0.25, -0.2) is 13.5 Å². The van der Waals surface area contributed by atoms with Crippen molar-refractivity contribution in [2.45, 2.75) is 32.2 Å². The zero-order valence-corrected chi connectivity index (χ0v) is 16.0. The predicted molar refractivity (Wildman–Crippen MR) is 99.0 cm³/mol. The molecule has 1 aromatic carbocycles. The van der Waals surface area contributed by atoms with Crippen molar-refractivity contribution in [1.82, 2.24) is 19.9 Å². The molecule has 148 valence electrons. The van der Waals surface area contributed by atoms with Gasteiger partial charge in [0.15, 0.2) is 0 Å². The highest BCUT2D eigenvalue weighted by Crippen LogP contribution is 2.35. The fourth-order valence-corrected chi connectivity index (χ4v) is 3.97. The lowest BCUT2D eigenvalue weighted by atomic mass is 10.1. The smallest absolute Gasteiger partial charge is 0.135 e. The van der Waals surface area contributed by atoms with Crippen molar-refractivity contribution in [3.05, 3.63) is 59.2 Å². The van der Waals surface area contributed by atoms with Crippen molar-refractivity contribution in [1.29, 1.82) is 0 Å². The molecular formula is C19H19ClF2N4O2. The van der Waals surface area contributed by atoms with Crippen LogP contribution in [-0.4, -0.2) is 39.1 Å². The lowest BCUT2D eigenvalue weighted by Crippen LogP contribution is -2.32. The van der Waals surface area contributed by atoms with Gasteiger partial charge in [-0.05, 0) is 25.1 Å². The first kappa shape index (κ1) is 19.0. The third-order valence-corrected chi connectivity index (χ3v) is 5.40. The van der Waals surface area contributed by atoms with E-state index in [-0.39, 0.29) is 30.1 Å². The predicted octanol–water partition coefficient (Wildman–Crippen LogP) is 3.50. The van der Waals surface area contributed by atoms with E-state index in [2.05, 4.69) is 15.2 Å². The maximum atomic E-state index is 14.2. The molecule has 5 rings (SSSR count). The molecule has 2 aliphatic rings. The first-order valence-electron chi connectivity index (χ1n) is 8.86. The van der Waals surface area contributed by atoms with Crippen LogP contribution in [0.4, 0.5) is 8.78 Å². The van der Waals surface area contributed by atoms with E-state index in [1.165, 1.54) is 12.1 Å². The van der Waals surface area contributed by atoms with Crippen LogP contribution in [0.15, 0.2) is 34.9 Å². The van der Waals surface area contributed by atoms with Crippen LogP contribution < -0.4 is 0 Å². The first-order valence-corrected chi connectivity index (χ1v) is 8.86. The summed E-state index contributed by atoms with van der Waals surface area (Å²) in [5.41, 5.74) is 2.53. The second kappa shape index (κ2) is 7.27. The minimum Gasteiger partial charge on any atom is -0.469 e. The van der Waals surface area contributed by atoms with Crippen molar-refractivity contribution in [3.63, 3.8) is 0 Å². The molecule has 0 N–H and O–H groups in total. The van der Waals surface area contributed by atoms with E-state index in [0.29, 0.717) is 12.3 Å². The Hall–Kier alpha value is -2.29. The number of ether oxygens (including phenoxy) is 1. The van der Waals surface area contributed by atoms with E-state index in [4.69, 9.17) is 9.15 Å². The van der Waals surface area contributed by atoms with Gasteiger partial charge in [-0.2, -0.15) is 0 Å². The van der Waals surface area contributed by atoms with Crippen LogP contribution in [-0.2, 0) is 17.9 Å². The van der Waals surface area contributed by atoms with Gasteiger partial charge in [-0.15, -0.1) is 17.5 Å². The second-order valence-corrected chi connectivity index (χ2v) is 7.07. The number of nitrogens with zero attached hydrogens (tertiary/aromatic N) is 4. The van der Waals surface area contributed by atoms with E-state index in [1.54, 1.807) is 6.26 Å². The van der Waals surface area contributed by atoms with Crippen molar-refractivity contribution in [3.8, 4) is 11.3 Å². The standard InChI is InChI=1S/C19H18F2N4O2.ClH/c1-11-12(4-5-26-11)7-24-8-16-18(9-24)27-10-17-19(22-23-25(16)17)14-3-2-13(20)6-15(14)21;/h2-6,16,18H,7-10H2,1H3;1H/t16-,18-;/m1./s1. The summed E-state index contributed by atoms with van der Waals surface area (Å²) in [5, 5.41) is 8.44. The molecule has 0 bridgehead atoms. The fourth-order valence-electron chi connectivity index (χ4n) is 3.97. The highest BCUT2D eigenvalue weighted by molar-refractivity contribution is 5.85. The number of aromatic nitrogens is 3. The highest BCUT2D eigenvalue weighted by atomic mass is 35.5. The number of benzene rings is 1. The topological polar surface area (TPSA) is 56.3 Å². The Morgan fingerprint density at radius 3 is 2.82 bits per heavy atom. The summed E-state index contributed by atoms with van der Waals surface area (Å²) >= 11 is 0. The molecule has 4 heterocycles. The van der Waals surface area contributed by atoms with Crippen LogP contribution in [0, 0.1) is 18.6 Å². The third-order valence-electron chi connectivity index (χ3n) is 5.40. The summed E-state index contributed by atoms with van der Waals surface area (Å²) in [6.45, 7) is 4.58.